The Bertz CT molecular complexity index is 374. The van der Waals surface area contributed by atoms with E-state index in [1.54, 1.807) is 7.11 Å². The first kappa shape index (κ1) is 11.4. The lowest BCUT2D eigenvalue weighted by Gasteiger charge is -2.08. The molecule has 1 heterocycles. The van der Waals surface area contributed by atoms with Gasteiger partial charge in [-0.2, -0.15) is 0 Å². The number of rotatable bonds is 3. The van der Waals surface area contributed by atoms with Crippen LogP contribution < -0.4 is 5.56 Å². The second kappa shape index (κ2) is 4.70. The van der Waals surface area contributed by atoms with Crippen LogP contribution in [0, 0.1) is 0 Å². The molecule has 0 spiro atoms. The lowest BCUT2D eigenvalue weighted by molar-refractivity contribution is 0.177. The van der Waals surface area contributed by atoms with Gasteiger partial charge in [0.15, 0.2) is 0 Å². The van der Waals surface area contributed by atoms with Crippen LogP contribution in [0.3, 0.4) is 0 Å². The van der Waals surface area contributed by atoms with E-state index in [1.807, 2.05) is 13.8 Å². The van der Waals surface area contributed by atoms with Gasteiger partial charge in [-0.3, -0.25) is 4.79 Å². The molecule has 0 fully saturated rings. The van der Waals surface area contributed by atoms with Crippen molar-refractivity contribution in [2.45, 2.75) is 26.4 Å². The summed E-state index contributed by atoms with van der Waals surface area (Å²) < 4.78 is 5.42. The van der Waals surface area contributed by atoms with Crippen LogP contribution in [0.1, 0.15) is 31.3 Å². The van der Waals surface area contributed by atoms with Crippen molar-refractivity contribution in [3.05, 3.63) is 26.3 Å². The molecule has 14 heavy (non-hydrogen) atoms. The molecule has 4 nitrogen and oxygen atoms in total. The topological polar surface area (TPSA) is 55.0 Å². The average molecular weight is 261 g/mol. The van der Waals surface area contributed by atoms with Crippen LogP contribution in [0.5, 0.6) is 0 Å². The van der Waals surface area contributed by atoms with Crippen LogP contribution in [0.25, 0.3) is 0 Å². The summed E-state index contributed by atoms with van der Waals surface area (Å²) >= 11 is 3.22. The first-order valence-electron chi connectivity index (χ1n) is 4.33. The number of methoxy groups -OCH3 is 1. The molecule has 1 aromatic rings. The molecule has 0 aliphatic carbocycles. The summed E-state index contributed by atoms with van der Waals surface area (Å²) in [5, 5.41) is 0. The molecule has 0 saturated carbocycles. The zero-order chi connectivity index (χ0) is 10.7. The number of halogens is 1. The second-order valence-corrected chi connectivity index (χ2v) is 4.09. The van der Waals surface area contributed by atoms with Gasteiger partial charge in [-0.05, 0) is 21.8 Å². The normalized spacial score (nSPS) is 10.9. The monoisotopic (exact) mass is 260 g/mol. The summed E-state index contributed by atoms with van der Waals surface area (Å²) in [7, 11) is 1.57. The van der Waals surface area contributed by atoms with Gasteiger partial charge in [0.2, 0.25) is 0 Å². The fourth-order valence-corrected chi connectivity index (χ4v) is 1.76. The quantitative estimate of drug-likeness (QED) is 0.902. The molecule has 78 valence electrons. The molecule has 0 amide bonds. The SMILES string of the molecule is COCc1nc(C(C)C)c(Br)c(=O)[nH]1. The lowest BCUT2D eigenvalue weighted by Crippen LogP contribution is -2.16. The molecular weight excluding hydrogens is 248 g/mol. The largest absolute Gasteiger partial charge is 0.377 e. The predicted molar refractivity (Wildman–Crippen MR) is 57.4 cm³/mol. The predicted octanol–water partition coefficient (Wildman–Crippen LogP) is 1.80. The standard InChI is InChI=1S/C9H13BrN2O2/c1-5(2)8-7(10)9(13)12-6(11-8)4-14-3/h5H,4H2,1-3H3,(H,11,12,13). The Labute approximate surface area is 90.8 Å². The van der Waals surface area contributed by atoms with Crippen molar-refractivity contribution in [2.24, 2.45) is 0 Å². The summed E-state index contributed by atoms with van der Waals surface area (Å²) in [6.45, 7) is 4.30. The first-order valence-corrected chi connectivity index (χ1v) is 5.13. The van der Waals surface area contributed by atoms with Crippen molar-refractivity contribution in [3.63, 3.8) is 0 Å². The van der Waals surface area contributed by atoms with Crippen molar-refractivity contribution in [1.29, 1.82) is 0 Å². The molecular formula is C9H13BrN2O2. The third-order valence-electron chi connectivity index (χ3n) is 1.77. The Morgan fingerprint density at radius 3 is 2.71 bits per heavy atom. The van der Waals surface area contributed by atoms with E-state index in [9.17, 15) is 4.79 Å². The van der Waals surface area contributed by atoms with Crippen LogP contribution in [0.15, 0.2) is 9.27 Å². The fraction of sp³-hybridized carbons (Fsp3) is 0.556. The number of hydrogen-bond acceptors (Lipinski definition) is 3. The van der Waals surface area contributed by atoms with Gasteiger partial charge in [-0.25, -0.2) is 4.98 Å². The highest BCUT2D eigenvalue weighted by Gasteiger charge is 2.11. The maximum Gasteiger partial charge on any atom is 0.265 e. The van der Waals surface area contributed by atoms with E-state index >= 15 is 0 Å². The zero-order valence-corrected chi connectivity index (χ0v) is 10.0. The molecule has 0 aromatic carbocycles. The van der Waals surface area contributed by atoms with Crippen LogP contribution in [-0.4, -0.2) is 17.1 Å². The summed E-state index contributed by atoms with van der Waals surface area (Å²) in [6.07, 6.45) is 0. The van der Waals surface area contributed by atoms with Crippen molar-refractivity contribution < 1.29 is 4.74 Å². The maximum atomic E-state index is 11.4. The molecule has 0 bridgehead atoms. The summed E-state index contributed by atoms with van der Waals surface area (Å²) in [5.74, 6) is 0.770. The molecule has 0 saturated heterocycles. The Morgan fingerprint density at radius 2 is 2.21 bits per heavy atom. The second-order valence-electron chi connectivity index (χ2n) is 3.30. The molecule has 0 aliphatic heterocycles. The van der Waals surface area contributed by atoms with Gasteiger partial charge in [-0.1, -0.05) is 13.8 Å². The number of hydrogen-bond donors (Lipinski definition) is 1. The highest BCUT2D eigenvalue weighted by Crippen LogP contribution is 2.18. The van der Waals surface area contributed by atoms with Gasteiger partial charge >= 0.3 is 0 Å². The van der Waals surface area contributed by atoms with Crippen molar-refractivity contribution in [2.75, 3.05) is 7.11 Å². The first-order chi connectivity index (χ1) is 6.56. The van der Waals surface area contributed by atoms with Gasteiger partial charge in [0.1, 0.15) is 16.9 Å². The lowest BCUT2D eigenvalue weighted by atomic mass is 10.1. The number of aromatic nitrogens is 2. The number of aromatic amines is 1. The number of H-pyrrole nitrogens is 1. The highest BCUT2D eigenvalue weighted by molar-refractivity contribution is 9.10. The Morgan fingerprint density at radius 1 is 1.57 bits per heavy atom. The number of ether oxygens (including phenoxy) is 1. The van der Waals surface area contributed by atoms with Crippen LogP contribution >= 0.6 is 15.9 Å². The van der Waals surface area contributed by atoms with E-state index in [0.29, 0.717) is 16.9 Å². The molecule has 5 heteroatoms. The minimum absolute atomic E-state index is 0.157. The van der Waals surface area contributed by atoms with Crippen LogP contribution in [-0.2, 0) is 11.3 Å². The Balaban J connectivity index is 3.21. The Hall–Kier alpha value is -0.680. The van der Waals surface area contributed by atoms with Gasteiger partial charge < -0.3 is 9.72 Å². The van der Waals surface area contributed by atoms with Gasteiger partial charge in [0.05, 0.1) is 5.69 Å². The minimum atomic E-state index is -0.157. The molecule has 1 aromatic heterocycles. The van der Waals surface area contributed by atoms with E-state index in [2.05, 4.69) is 25.9 Å². The molecule has 0 aliphatic rings. The van der Waals surface area contributed by atoms with Gasteiger partial charge in [0, 0.05) is 7.11 Å². The van der Waals surface area contributed by atoms with Gasteiger partial charge in [0.25, 0.3) is 5.56 Å². The van der Waals surface area contributed by atoms with E-state index < -0.39 is 0 Å². The molecule has 1 N–H and O–H groups in total. The molecule has 0 unspecified atom stereocenters. The van der Waals surface area contributed by atoms with E-state index in [1.165, 1.54) is 0 Å². The average Bonchev–Trinajstić information content (AvgIpc) is 2.11. The van der Waals surface area contributed by atoms with Gasteiger partial charge in [-0.15, -0.1) is 0 Å². The van der Waals surface area contributed by atoms with Crippen molar-refractivity contribution in [1.82, 2.24) is 9.97 Å². The van der Waals surface area contributed by atoms with Crippen LogP contribution in [0.2, 0.25) is 0 Å². The maximum absolute atomic E-state index is 11.4. The number of nitrogens with zero attached hydrogens (tertiary/aromatic N) is 1. The zero-order valence-electron chi connectivity index (χ0n) is 8.43. The van der Waals surface area contributed by atoms with Crippen LogP contribution in [0.4, 0.5) is 0 Å². The van der Waals surface area contributed by atoms with E-state index in [4.69, 9.17) is 4.74 Å². The Kier molecular flexibility index (Phi) is 3.83. The summed E-state index contributed by atoms with van der Waals surface area (Å²) in [6, 6.07) is 0. The fourth-order valence-electron chi connectivity index (χ4n) is 1.11. The molecule has 0 radical (unpaired) electrons. The molecule has 0 atom stereocenters. The van der Waals surface area contributed by atoms with Crippen molar-refractivity contribution in [3.8, 4) is 0 Å². The highest BCUT2D eigenvalue weighted by atomic mass is 79.9. The summed E-state index contributed by atoms with van der Waals surface area (Å²) in [4.78, 5) is 18.4. The van der Waals surface area contributed by atoms with E-state index in [0.717, 1.165) is 5.69 Å². The van der Waals surface area contributed by atoms with Crippen molar-refractivity contribution >= 4 is 15.9 Å². The third-order valence-corrected chi connectivity index (χ3v) is 2.53. The smallest absolute Gasteiger partial charge is 0.265 e. The third kappa shape index (κ3) is 2.42. The molecule has 1 rings (SSSR count). The minimum Gasteiger partial charge on any atom is -0.377 e. The number of nitrogens with one attached hydrogen (secondary N) is 1. The summed E-state index contributed by atoms with van der Waals surface area (Å²) in [5.41, 5.74) is 0.608. The van der Waals surface area contributed by atoms with E-state index in [-0.39, 0.29) is 11.5 Å².